The molecule has 3 atom stereocenters. The van der Waals surface area contributed by atoms with Gasteiger partial charge < -0.3 is 9.15 Å². The number of fused-ring (bicyclic) bond motifs is 5. The number of aryl methyl sites for hydroxylation is 1. The largest absolute Gasteiger partial charge is 0.461 e. The molecule has 1 aliphatic carbocycles. The third-order valence-corrected chi connectivity index (χ3v) is 7.38. The van der Waals surface area contributed by atoms with Gasteiger partial charge in [-0.3, -0.25) is 14.4 Å². The van der Waals surface area contributed by atoms with Gasteiger partial charge in [-0.2, -0.15) is 0 Å². The van der Waals surface area contributed by atoms with Gasteiger partial charge in [-0.1, -0.05) is 67.1 Å². The molecule has 6 rings (SSSR count). The quantitative estimate of drug-likeness (QED) is 0.182. The van der Waals surface area contributed by atoms with Crippen molar-refractivity contribution >= 4 is 28.3 Å². The summed E-state index contributed by atoms with van der Waals surface area (Å²) in [4.78, 5) is 41.4. The van der Waals surface area contributed by atoms with Crippen molar-refractivity contribution in [1.29, 1.82) is 0 Å². The molecule has 0 bridgehead atoms. The number of ether oxygens (including phenoxy) is 1. The molecule has 2 heterocycles. The zero-order valence-corrected chi connectivity index (χ0v) is 18.1. The van der Waals surface area contributed by atoms with E-state index in [0.29, 0.717) is 11.3 Å². The van der Waals surface area contributed by atoms with E-state index in [9.17, 15) is 14.4 Å². The minimum Gasteiger partial charge on any atom is -0.461 e. The molecule has 0 radical (unpaired) electrons. The Kier molecular flexibility index (Phi) is 3.88. The van der Waals surface area contributed by atoms with E-state index in [0.717, 1.165) is 21.9 Å². The number of hydrogen-bond acceptors (Lipinski definition) is 5. The summed E-state index contributed by atoms with van der Waals surface area (Å²) in [5, 5.41) is 1.81. The van der Waals surface area contributed by atoms with Crippen LogP contribution in [0.3, 0.4) is 0 Å². The van der Waals surface area contributed by atoms with Gasteiger partial charge in [-0.25, -0.2) is 0 Å². The number of esters is 1. The van der Waals surface area contributed by atoms with Crippen molar-refractivity contribution in [3.05, 3.63) is 102 Å². The number of rotatable bonds is 4. The molecule has 1 aromatic heterocycles. The second-order valence-electron chi connectivity index (χ2n) is 9.03. The molecule has 1 saturated carbocycles. The predicted molar refractivity (Wildman–Crippen MR) is 121 cm³/mol. The lowest BCUT2D eigenvalue weighted by molar-refractivity contribution is -0.140. The van der Waals surface area contributed by atoms with Gasteiger partial charge in [0.2, 0.25) is 5.78 Å². The van der Waals surface area contributed by atoms with Crippen LogP contribution in [0.5, 0.6) is 5.75 Å². The molecule has 5 heteroatoms. The molecule has 5 nitrogen and oxygen atoms in total. The molecule has 1 fully saturated rings. The average molecular weight is 436 g/mol. The van der Waals surface area contributed by atoms with Gasteiger partial charge in [0.15, 0.2) is 17.0 Å². The first kappa shape index (κ1) is 19.7. The van der Waals surface area contributed by atoms with Gasteiger partial charge in [-0.15, -0.1) is 0 Å². The van der Waals surface area contributed by atoms with E-state index >= 15 is 0 Å². The summed E-state index contributed by atoms with van der Waals surface area (Å²) in [5.41, 5.74) is -0.820. The molecule has 4 aromatic rings. The highest BCUT2D eigenvalue weighted by Gasteiger charge is 2.88. The first-order valence-electron chi connectivity index (χ1n) is 10.8. The normalized spacial score (nSPS) is 25.2. The maximum Gasteiger partial charge on any atom is 0.327 e. The average Bonchev–Trinajstić information content (AvgIpc) is 3.13. The van der Waals surface area contributed by atoms with Gasteiger partial charge in [0.25, 0.3) is 0 Å². The molecule has 2 aliphatic rings. The fourth-order valence-corrected chi connectivity index (χ4v) is 5.67. The van der Waals surface area contributed by atoms with Crippen molar-refractivity contribution < 1.29 is 23.5 Å². The number of furan rings is 1. The zero-order chi connectivity index (χ0) is 23.0. The van der Waals surface area contributed by atoms with E-state index in [-0.39, 0.29) is 11.5 Å². The summed E-state index contributed by atoms with van der Waals surface area (Å²) in [7, 11) is 0. The number of carbonyl (C=O) groups is 3. The van der Waals surface area contributed by atoms with Gasteiger partial charge in [0, 0.05) is 17.0 Å². The molecule has 0 amide bonds. The molecule has 33 heavy (non-hydrogen) atoms. The Morgan fingerprint density at radius 2 is 1.64 bits per heavy atom. The van der Waals surface area contributed by atoms with Crippen molar-refractivity contribution in [2.24, 2.45) is 10.8 Å². The molecule has 0 spiro atoms. The molecule has 0 N–H and O–H groups in total. The van der Waals surface area contributed by atoms with Crippen LogP contribution in [0.1, 0.15) is 44.9 Å². The highest BCUT2D eigenvalue weighted by Crippen LogP contribution is 2.79. The molecule has 3 unspecified atom stereocenters. The van der Waals surface area contributed by atoms with Crippen LogP contribution in [0, 0.1) is 17.8 Å². The second-order valence-corrected chi connectivity index (χ2v) is 9.03. The van der Waals surface area contributed by atoms with Crippen LogP contribution in [0.4, 0.5) is 0 Å². The molecular formula is C28H20O5. The van der Waals surface area contributed by atoms with Crippen molar-refractivity contribution in [3.8, 4) is 5.75 Å². The molecule has 0 saturated heterocycles. The minimum atomic E-state index is -1.69. The Morgan fingerprint density at radius 1 is 0.879 bits per heavy atom. The molecule has 162 valence electrons. The number of carbonyl (C=O) groups excluding carboxylic acids is 3. The highest BCUT2D eigenvalue weighted by atomic mass is 16.5. The number of hydrogen-bond donors (Lipinski definition) is 0. The van der Waals surface area contributed by atoms with Gasteiger partial charge in [0.05, 0.1) is 11.7 Å². The summed E-state index contributed by atoms with van der Waals surface area (Å²) < 4.78 is 11.2. The first-order valence-corrected chi connectivity index (χ1v) is 10.8. The van der Waals surface area contributed by atoms with Crippen LogP contribution < -0.4 is 4.74 Å². The van der Waals surface area contributed by atoms with Crippen LogP contribution in [0.2, 0.25) is 0 Å². The lowest BCUT2D eigenvalue weighted by Gasteiger charge is -2.23. The summed E-state index contributed by atoms with van der Waals surface area (Å²) in [6, 6.07) is 21.7. The van der Waals surface area contributed by atoms with Crippen molar-refractivity contribution in [2.75, 3.05) is 0 Å². The van der Waals surface area contributed by atoms with Crippen LogP contribution in [0.25, 0.3) is 10.8 Å². The summed E-state index contributed by atoms with van der Waals surface area (Å²) in [5.74, 6) is -1.72. The van der Waals surface area contributed by atoms with Crippen LogP contribution in [-0.4, -0.2) is 17.5 Å². The third-order valence-electron chi connectivity index (χ3n) is 7.38. The third kappa shape index (κ3) is 2.34. The SMILES string of the molecule is Cc1ccc(C(=O)C2(C)C3c4c(ccc5ccccc45)OC(=O)C32C(=O)c2ccco2)cc1. The Hall–Kier alpha value is -3.99. The molecule has 3 aromatic carbocycles. The topological polar surface area (TPSA) is 73.6 Å². The van der Waals surface area contributed by atoms with Gasteiger partial charge >= 0.3 is 5.97 Å². The van der Waals surface area contributed by atoms with Gasteiger partial charge in [0.1, 0.15) is 5.75 Å². The van der Waals surface area contributed by atoms with Crippen LogP contribution >= 0.6 is 0 Å². The fourth-order valence-electron chi connectivity index (χ4n) is 5.67. The lowest BCUT2D eigenvalue weighted by Crippen LogP contribution is -2.39. The van der Waals surface area contributed by atoms with E-state index in [1.54, 1.807) is 31.2 Å². The second kappa shape index (κ2) is 6.51. The summed E-state index contributed by atoms with van der Waals surface area (Å²) in [6.45, 7) is 3.65. The number of benzene rings is 3. The first-order chi connectivity index (χ1) is 15.9. The minimum absolute atomic E-state index is 0.0427. The monoisotopic (exact) mass is 436 g/mol. The Balaban J connectivity index is 1.63. The molecule has 1 aliphatic heterocycles. The van der Waals surface area contributed by atoms with E-state index < -0.39 is 28.5 Å². The van der Waals surface area contributed by atoms with Crippen molar-refractivity contribution in [2.45, 2.75) is 19.8 Å². The fraction of sp³-hybridized carbons (Fsp3) is 0.179. The Morgan fingerprint density at radius 3 is 2.36 bits per heavy atom. The smallest absolute Gasteiger partial charge is 0.327 e. The van der Waals surface area contributed by atoms with Crippen LogP contribution in [0.15, 0.2) is 83.5 Å². The molecular weight excluding hydrogens is 416 g/mol. The summed E-state index contributed by atoms with van der Waals surface area (Å²) in [6.07, 6.45) is 1.39. The highest BCUT2D eigenvalue weighted by molar-refractivity contribution is 6.25. The Bertz CT molecular complexity index is 1460. The maximum absolute atomic E-state index is 14.0. The van der Waals surface area contributed by atoms with Crippen molar-refractivity contribution in [1.82, 2.24) is 0 Å². The standard InChI is InChI=1S/C28H20O5/c1-16-9-11-18(12-10-16)24(29)27(2)23-22-19-7-4-3-6-17(19)13-14-20(22)33-26(31)28(23,27)25(30)21-8-5-15-32-21/h3-15,23H,1-2H3. The van der Waals surface area contributed by atoms with E-state index in [4.69, 9.17) is 9.15 Å². The van der Waals surface area contributed by atoms with E-state index in [1.165, 1.54) is 12.3 Å². The van der Waals surface area contributed by atoms with Crippen molar-refractivity contribution in [3.63, 3.8) is 0 Å². The van der Waals surface area contributed by atoms with E-state index in [2.05, 4.69) is 0 Å². The number of Topliss-reactive ketones (excluding diaryl/α,β-unsaturated/α-hetero) is 2. The van der Waals surface area contributed by atoms with Crippen LogP contribution in [-0.2, 0) is 4.79 Å². The predicted octanol–water partition coefficient (Wildman–Crippen LogP) is 5.52. The Labute approximate surface area is 190 Å². The maximum atomic E-state index is 14.0. The summed E-state index contributed by atoms with van der Waals surface area (Å²) >= 11 is 0. The van der Waals surface area contributed by atoms with Gasteiger partial charge in [-0.05, 0) is 35.9 Å². The number of ketones is 2. The lowest BCUT2D eigenvalue weighted by atomic mass is 9.83. The zero-order valence-electron chi connectivity index (χ0n) is 18.1. The van der Waals surface area contributed by atoms with E-state index in [1.807, 2.05) is 49.4 Å².